The third-order valence-electron chi connectivity index (χ3n) is 3.05. The van der Waals surface area contributed by atoms with E-state index < -0.39 is 5.82 Å². The highest BCUT2D eigenvalue weighted by Crippen LogP contribution is 2.32. The average Bonchev–Trinajstić information content (AvgIpc) is 2.68. The van der Waals surface area contributed by atoms with Gasteiger partial charge in [0, 0.05) is 6.54 Å². The van der Waals surface area contributed by atoms with Gasteiger partial charge in [0.05, 0.1) is 15.7 Å². The Kier molecular flexibility index (Phi) is 3.93. The summed E-state index contributed by atoms with van der Waals surface area (Å²) in [5.41, 5.74) is 0.650. The molecule has 0 radical (unpaired) electrons. The first-order valence-corrected chi connectivity index (χ1v) is 6.31. The van der Waals surface area contributed by atoms with Crippen molar-refractivity contribution in [3.05, 3.63) is 28.0 Å². The lowest BCUT2D eigenvalue weighted by Crippen LogP contribution is -2.11. The van der Waals surface area contributed by atoms with Gasteiger partial charge in [0.2, 0.25) is 0 Å². The first-order chi connectivity index (χ1) is 7.66. The summed E-state index contributed by atoms with van der Waals surface area (Å²) in [6.45, 7) is 0.866. The summed E-state index contributed by atoms with van der Waals surface area (Å²) >= 11 is 11.9. The molecule has 0 heterocycles. The molecule has 0 spiro atoms. The maximum atomic E-state index is 13.0. The molecular weight excluding hydrogens is 248 g/mol. The third-order valence-corrected chi connectivity index (χ3v) is 3.65. The van der Waals surface area contributed by atoms with Crippen molar-refractivity contribution in [1.29, 1.82) is 0 Å². The summed E-state index contributed by atoms with van der Waals surface area (Å²) in [4.78, 5) is 0. The average molecular weight is 262 g/mol. The van der Waals surface area contributed by atoms with Crippen LogP contribution < -0.4 is 5.32 Å². The van der Waals surface area contributed by atoms with E-state index in [-0.39, 0.29) is 0 Å². The lowest BCUT2D eigenvalue weighted by atomic mass is 10.1. The van der Waals surface area contributed by atoms with Gasteiger partial charge in [-0.25, -0.2) is 4.39 Å². The molecule has 1 aromatic rings. The number of anilines is 1. The normalized spacial score (nSPS) is 16.7. The van der Waals surface area contributed by atoms with Crippen molar-refractivity contribution < 1.29 is 4.39 Å². The zero-order chi connectivity index (χ0) is 11.5. The molecule has 1 aliphatic rings. The molecule has 1 saturated carbocycles. The molecule has 0 bridgehead atoms. The summed E-state index contributed by atoms with van der Waals surface area (Å²) in [5.74, 6) is 0.290. The minimum Gasteiger partial charge on any atom is -0.382 e. The van der Waals surface area contributed by atoms with E-state index in [9.17, 15) is 4.39 Å². The van der Waals surface area contributed by atoms with Crippen LogP contribution >= 0.6 is 23.2 Å². The molecule has 88 valence electrons. The smallest absolute Gasteiger partial charge is 0.126 e. The summed E-state index contributed by atoms with van der Waals surface area (Å²) < 4.78 is 13.0. The van der Waals surface area contributed by atoms with Gasteiger partial charge in [0.25, 0.3) is 0 Å². The zero-order valence-electron chi connectivity index (χ0n) is 8.90. The molecule has 4 heteroatoms. The Morgan fingerprint density at radius 2 is 1.75 bits per heavy atom. The van der Waals surface area contributed by atoms with Crippen LogP contribution in [0.3, 0.4) is 0 Å². The molecule has 1 fully saturated rings. The van der Waals surface area contributed by atoms with E-state index in [1.54, 1.807) is 0 Å². The van der Waals surface area contributed by atoms with Crippen molar-refractivity contribution in [1.82, 2.24) is 0 Å². The topological polar surface area (TPSA) is 12.0 Å². The van der Waals surface area contributed by atoms with E-state index in [2.05, 4.69) is 5.32 Å². The number of halogens is 3. The molecular formula is C12H14Cl2FN. The fraction of sp³-hybridized carbons (Fsp3) is 0.500. The molecule has 1 aromatic carbocycles. The van der Waals surface area contributed by atoms with E-state index in [1.807, 2.05) is 0 Å². The van der Waals surface area contributed by atoms with E-state index in [0.717, 1.165) is 6.54 Å². The lowest BCUT2D eigenvalue weighted by molar-refractivity contribution is 0.579. The first kappa shape index (κ1) is 12.0. The molecule has 1 N–H and O–H groups in total. The predicted molar refractivity (Wildman–Crippen MR) is 66.9 cm³/mol. The van der Waals surface area contributed by atoms with Crippen molar-refractivity contribution in [3.8, 4) is 0 Å². The maximum absolute atomic E-state index is 13.0. The Hall–Kier alpha value is -0.470. The number of benzene rings is 1. The van der Waals surface area contributed by atoms with Crippen LogP contribution in [-0.4, -0.2) is 6.54 Å². The van der Waals surface area contributed by atoms with Gasteiger partial charge in [-0.15, -0.1) is 0 Å². The molecule has 1 aliphatic carbocycles. The Morgan fingerprint density at radius 3 is 2.31 bits per heavy atom. The molecule has 0 aromatic heterocycles. The summed E-state index contributed by atoms with van der Waals surface area (Å²) in [6, 6.07) is 2.56. The molecule has 0 aliphatic heterocycles. The van der Waals surface area contributed by atoms with Crippen molar-refractivity contribution in [2.75, 3.05) is 11.9 Å². The molecule has 0 atom stereocenters. The lowest BCUT2D eigenvalue weighted by Gasteiger charge is -2.14. The highest BCUT2D eigenvalue weighted by Gasteiger charge is 2.16. The van der Waals surface area contributed by atoms with Gasteiger partial charge in [-0.3, -0.25) is 0 Å². The maximum Gasteiger partial charge on any atom is 0.126 e. The Morgan fingerprint density at radius 1 is 1.19 bits per heavy atom. The van der Waals surface area contributed by atoms with E-state index in [4.69, 9.17) is 23.2 Å². The van der Waals surface area contributed by atoms with Crippen molar-refractivity contribution in [2.45, 2.75) is 25.7 Å². The Bertz CT molecular complexity index is 352. The second kappa shape index (κ2) is 5.24. The Labute approximate surface area is 105 Å². The quantitative estimate of drug-likeness (QED) is 0.829. The van der Waals surface area contributed by atoms with Crippen molar-refractivity contribution in [2.24, 2.45) is 5.92 Å². The summed E-state index contributed by atoms with van der Waals surface area (Å²) in [5, 5.41) is 3.92. The first-order valence-electron chi connectivity index (χ1n) is 5.55. The van der Waals surface area contributed by atoms with Crippen LogP contribution in [-0.2, 0) is 0 Å². The monoisotopic (exact) mass is 261 g/mol. The molecule has 2 rings (SSSR count). The molecule has 16 heavy (non-hydrogen) atoms. The second-order valence-electron chi connectivity index (χ2n) is 4.28. The molecule has 0 saturated heterocycles. The minimum absolute atomic E-state index is 0.350. The number of rotatable bonds is 3. The Balaban J connectivity index is 2.03. The highest BCUT2D eigenvalue weighted by atomic mass is 35.5. The molecule has 1 nitrogen and oxygen atoms in total. The highest BCUT2D eigenvalue weighted by molar-refractivity contribution is 6.39. The van der Waals surface area contributed by atoms with Crippen LogP contribution in [0, 0.1) is 11.7 Å². The van der Waals surface area contributed by atoms with Crippen molar-refractivity contribution >= 4 is 28.9 Å². The van der Waals surface area contributed by atoms with Crippen molar-refractivity contribution in [3.63, 3.8) is 0 Å². The van der Waals surface area contributed by atoms with Gasteiger partial charge in [-0.05, 0) is 30.9 Å². The minimum atomic E-state index is -0.401. The molecule has 0 amide bonds. The van der Waals surface area contributed by atoms with Crippen LogP contribution in [0.4, 0.5) is 10.1 Å². The van der Waals surface area contributed by atoms with Crippen LogP contribution in [0.15, 0.2) is 12.1 Å². The van der Waals surface area contributed by atoms with Gasteiger partial charge in [-0.1, -0.05) is 36.0 Å². The fourth-order valence-corrected chi connectivity index (χ4v) is 2.77. The van der Waals surface area contributed by atoms with Gasteiger partial charge in [0.1, 0.15) is 5.82 Å². The van der Waals surface area contributed by atoms with Gasteiger partial charge < -0.3 is 5.32 Å². The number of hydrogen-bond donors (Lipinski definition) is 1. The SMILES string of the molecule is Fc1cc(Cl)c(NCC2CCCC2)c(Cl)c1. The van der Waals surface area contributed by atoms with Gasteiger partial charge >= 0.3 is 0 Å². The third kappa shape index (κ3) is 2.80. The predicted octanol–water partition coefficient (Wildman–Crippen LogP) is 4.73. The van der Waals surface area contributed by atoms with Crippen LogP contribution in [0.25, 0.3) is 0 Å². The van der Waals surface area contributed by atoms with Crippen LogP contribution in [0.1, 0.15) is 25.7 Å². The second-order valence-corrected chi connectivity index (χ2v) is 5.09. The standard InChI is InChI=1S/C12H14Cl2FN/c13-10-5-9(15)6-11(14)12(10)16-7-8-3-1-2-4-8/h5-6,8,16H,1-4,7H2. The molecule has 0 unspecified atom stereocenters. The number of hydrogen-bond acceptors (Lipinski definition) is 1. The van der Waals surface area contributed by atoms with Crippen LogP contribution in [0.5, 0.6) is 0 Å². The largest absolute Gasteiger partial charge is 0.382 e. The van der Waals surface area contributed by atoms with Gasteiger partial charge in [-0.2, -0.15) is 0 Å². The van der Waals surface area contributed by atoms with Crippen LogP contribution in [0.2, 0.25) is 10.0 Å². The summed E-state index contributed by atoms with van der Waals surface area (Å²) in [7, 11) is 0. The number of nitrogens with one attached hydrogen (secondary N) is 1. The zero-order valence-corrected chi connectivity index (χ0v) is 10.4. The van der Waals surface area contributed by atoms with E-state index in [1.165, 1.54) is 37.8 Å². The fourth-order valence-electron chi connectivity index (χ4n) is 2.17. The van der Waals surface area contributed by atoms with Gasteiger partial charge in [0.15, 0.2) is 0 Å². The summed E-state index contributed by atoms with van der Waals surface area (Å²) in [6.07, 6.45) is 5.11. The van der Waals surface area contributed by atoms with E-state index >= 15 is 0 Å². The van der Waals surface area contributed by atoms with E-state index in [0.29, 0.717) is 21.7 Å².